The van der Waals surface area contributed by atoms with Crippen LogP contribution in [-0.2, 0) is 9.59 Å². The van der Waals surface area contributed by atoms with Gasteiger partial charge in [0.25, 0.3) is 0 Å². The Morgan fingerprint density at radius 1 is 1.27 bits per heavy atom. The lowest BCUT2D eigenvalue weighted by atomic mass is 10.1. The van der Waals surface area contributed by atoms with E-state index >= 15 is 0 Å². The fourth-order valence-electron chi connectivity index (χ4n) is 1.94. The van der Waals surface area contributed by atoms with Crippen LogP contribution in [0.1, 0.15) is 24.3 Å². The average Bonchev–Trinajstić information content (AvgIpc) is 2.95. The number of amides is 2. The molecule has 0 aliphatic carbocycles. The zero-order chi connectivity index (χ0) is 16.1. The molecule has 2 N–H and O–H groups in total. The molecule has 0 spiro atoms. The van der Waals surface area contributed by atoms with Gasteiger partial charge in [-0.3, -0.25) is 9.59 Å². The van der Waals surface area contributed by atoms with E-state index in [4.69, 9.17) is 23.2 Å². The Kier molecular flexibility index (Phi) is 5.83. The second-order valence-corrected chi connectivity index (χ2v) is 6.47. The van der Waals surface area contributed by atoms with Crippen molar-refractivity contribution in [2.75, 3.05) is 5.32 Å². The predicted molar refractivity (Wildman–Crippen MR) is 90.6 cm³/mol. The highest BCUT2D eigenvalue weighted by Crippen LogP contribution is 2.27. The van der Waals surface area contributed by atoms with E-state index in [1.54, 1.807) is 18.2 Å². The third-order valence-corrected chi connectivity index (χ3v) is 4.41. The molecule has 4 nitrogen and oxygen atoms in total. The maximum absolute atomic E-state index is 12.2. The van der Waals surface area contributed by atoms with Crippen LogP contribution in [0.5, 0.6) is 0 Å². The van der Waals surface area contributed by atoms with Gasteiger partial charge in [-0.1, -0.05) is 29.3 Å². The maximum atomic E-state index is 12.2. The van der Waals surface area contributed by atoms with Crippen LogP contribution in [0, 0.1) is 0 Å². The molecular formula is C15H14Cl2N2O2S. The molecule has 0 saturated heterocycles. The fraction of sp³-hybridized carbons (Fsp3) is 0.200. The number of nitrogens with one attached hydrogen (secondary N) is 2. The van der Waals surface area contributed by atoms with Gasteiger partial charge in [-0.25, -0.2) is 0 Å². The van der Waals surface area contributed by atoms with Crippen molar-refractivity contribution < 1.29 is 9.59 Å². The molecule has 0 bridgehead atoms. The Hall–Kier alpha value is -1.56. The average molecular weight is 357 g/mol. The highest BCUT2D eigenvalue weighted by Gasteiger charge is 2.18. The van der Waals surface area contributed by atoms with Gasteiger partial charge in [-0.05, 0) is 29.6 Å². The third-order valence-electron chi connectivity index (χ3n) is 2.86. The monoisotopic (exact) mass is 356 g/mol. The molecule has 0 radical (unpaired) electrons. The summed E-state index contributed by atoms with van der Waals surface area (Å²) in [5.41, 5.74) is 0.451. The Balaban J connectivity index is 2.08. The van der Waals surface area contributed by atoms with Gasteiger partial charge in [0.2, 0.25) is 11.8 Å². The van der Waals surface area contributed by atoms with E-state index < -0.39 is 0 Å². The van der Waals surface area contributed by atoms with Crippen molar-refractivity contribution in [3.63, 3.8) is 0 Å². The normalized spacial score (nSPS) is 11.8. The Morgan fingerprint density at radius 3 is 2.68 bits per heavy atom. The van der Waals surface area contributed by atoms with Gasteiger partial charge in [-0.15, -0.1) is 11.3 Å². The van der Waals surface area contributed by atoms with E-state index in [2.05, 4.69) is 10.6 Å². The SMILES string of the molecule is CC(=O)N[C@H](CC(=O)Nc1cc(Cl)ccc1Cl)c1cccs1. The quantitative estimate of drug-likeness (QED) is 0.840. The van der Waals surface area contributed by atoms with Crippen molar-refractivity contribution in [2.24, 2.45) is 0 Å². The van der Waals surface area contributed by atoms with Crippen molar-refractivity contribution in [3.05, 3.63) is 50.6 Å². The predicted octanol–water partition coefficient (Wildman–Crippen LogP) is 4.26. The first-order chi connectivity index (χ1) is 10.5. The number of hydrogen-bond acceptors (Lipinski definition) is 3. The van der Waals surface area contributed by atoms with Gasteiger partial charge in [-0.2, -0.15) is 0 Å². The number of anilines is 1. The van der Waals surface area contributed by atoms with Crippen LogP contribution < -0.4 is 10.6 Å². The Bertz CT molecular complexity index is 674. The second-order valence-electron chi connectivity index (χ2n) is 4.64. The highest BCUT2D eigenvalue weighted by atomic mass is 35.5. The van der Waals surface area contributed by atoms with E-state index in [1.165, 1.54) is 18.3 Å². The van der Waals surface area contributed by atoms with Crippen molar-refractivity contribution in [3.8, 4) is 0 Å². The zero-order valence-corrected chi connectivity index (χ0v) is 14.1. The standard InChI is InChI=1S/C15H14Cl2N2O2S/c1-9(20)18-13(14-3-2-6-22-14)8-15(21)19-12-7-10(16)4-5-11(12)17/h2-7,13H,8H2,1H3,(H,18,20)(H,19,21)/t13-/m1/s1. The highest BCUT2D eigenvalue weighted by molar-refractivity contribution is 7.10. The van der Waals surface area contributed by atoms with Gasteiger partial charge >= 0.3 is 0 Å². The number of carbonyl (C=O) groups is 2. The number of hydrogen-bond donors (Lipinski definition) is 2. The summed E-state index contributed by atoms with van der Waals surface area (Å²) < 4.78 is 0. The summed E-state index contributed by atoms with van der Waals surface area (Å²) in [5.74, 6) is -0.441. The van der Waals surface area contributed by atoms with Crippen LogP contribution in [0.25, 0.3) is 0 Å². The molecule has 0 saturated carbocycles. The fourth-order valence-corrected chi connectivity index (χ4v) is 3.05. The minimum atomic E-state index is -0.365. The summed E-state index contributed by atoms with van der Waals surface area (Å²) in [5, 5.41) is 8.28. The second kappa shape index (κ2) is 7.63. The van der Waals surface area contributed by atoms with E-state index in [0.29, 0.717) is 15.7 Å². The molecule has 2 rings (SSSR count). The molecule has 22 heavy (non-hydrogen) atoms. The molecule has 1 atom stereocenters. The summed E-state index contributed by atoms with van der Waals surface area (Å²) in [6, 6.07) is 8.23. The lowest BCUT2D eigenvalue weighted by molar-refractivity contribution is -0.120. The van der Waals surface area contributed by atoms with E-state index in [1.807, 2.05) is 17.5 Å². The van der Waals surface area contributed by atoms with Gasteiger partial charge in [0.15, 0.2) is 0 Å². The van der Waals surface area contributed by atoms with Crippen molar-refractivity contribution >= 4 is 52.0 Å². The van der Waals surface area contributed by atoms with Gasteiger partial charge in [0, 0.05) is 16.8 Å². The summed E-state index contributed by atoms with van der Waals surface area (Å²) in [6.45, 7) is 1.42. The van der Waals surface area contributed by atoms with E-state index in [-0.39, 0.29) is 24.3 Å². The van der Waals surface area contributed by atoms with Crippen LogP contribution in [0.2, 0.25) is 10.0 Å². The van der Waals surface area contributed by atoms with Gasteiger partial charge in [0.1, 0.15) is 0 Å². The molecule has 116 valence electrons. The smallest absolute Gasteiger partial charge is 0.226 e. The summed E-state index contributed by atoms with van der Waals surface area (Å²) in [6.07, 6.45) is 0.114. The molecule has 7 heteroatoms. The Morgan fingerprint density at radius 2 is 2.05 bits per heavy atom. The van der Waals surface area contributed by atoms with Gasteiger partial charge in [0.05, 0.1) is 23.2 Å². The maximum Gasteiger partial charge on any atom is 0.226 e. The van der Waals surface area contributed by atoms with Crippen LogP contribution in [0.15, 0.2) is 35.7 Å². The molecule has 0 fully saturated rings. The first-order valence-electron chi connectivity index (χ1n) is 6.51. The summed E-state index contributed by atoms with van der Waals surface area (Å²) in [7, 11) is 0. The molecular weight excluding hydrogens is 343 g/mol. The first kappa shape index (κ1) is 16.8. The van der Waals surface area contributed by atoms with Crippen LogP contribution in [0.4, 0.5) is 5.69 Å². The van der Waals surface area contributed by atoms with Gasteiger partial charge < -0.3 is 10.6 Å². The summed E-state index contributed by atoms with van der Waals surface area (Å²) >= 11 is 13.4. The minimum absolute atomic E-state index is 0.114. The molecule has 2 amide bonds. The minimum Gasteiger partial charge on any atom is -0.348 e. The molecule has 1 heterocycles. The van der Waals surface area contributed by atoms with Crippen molar-refractivity contribution in [1.82, 2.24) is 5.32 Å². The molecule has 1 aromatic heterocycles. The number of halogens is 2. The summed E-state index contributed by atoms with van der Waals surface area (Å²) in [4.78, 5) is 24.4. The topological polar surface area (TPSA) is 58.2 Å². The van der Waals surface area contributed by atoms with E-state index in [0.717, 1.165) is 4.88 Å². The molecule has 1 aromatic carbocycles. The largest absolute Gasteiger partial charge is 0.348 e. The first-order valence-corrected chi connectivity index (χ1v) is 8.14. The lowest BCUT2D eigenvalue weighted by Crippen LogP contribution is -2.29. The van der Waals surface area contributed by atoms with Crippen LogP contribution in [0.3, 0.4) is 0 Å². The third kappa shape index (κ3) is 4.73. The number of carbonyl (C=O) groups excluding carboxylic acids is 2. The van der Waals surface area contributed by atoms with Crippen LogP contribution >= 0.6 is 34.5 Å². The van der Waals surface area contributed by atoms with E-state index in [9.17, 15) is 9.59 Å². The number of rotatable bonds is 5. The Labute approximate surface area is 142 Å². The number of benzene rings is 1. The molecule has 2 aromatic rings. The number of thiophene rings is 1. The zero-order valence-electron chi connectivity index (χ0n) is 11.7. The van der Waals surface area contributed by atoms with Crippen LogP contribution in [-0.4, -0.2) is 11.8 Å². The lowest BCUT2D eigenvalue weighted by Gasteiger charge is -2.16. The van der Waals surface area contributed by atoms with Crippen molar-refractivity contribution in [2.45, 2.75) is 19.4 Å². The molecule has 0 aliphatic heterocycles. The molecule has 0 unspecified atom stereocenters. The molecule has 0 aliphatic rings. The van der Waals surface area contributed by atoms with Crippen molar-refractivity contribution in [1.29, 1.82) is 0 Å².